The Kier molecular flexibility index (Phi) is 47.1. The molecule has 374 valence electrons. The SMILES string of the molecule is CC(C)CCCCCCCCCCCCCCCCCCCCC(=O)OC[C@@H](COC(=O)CCCCCCCCCCCCC(C)C)OC(=O)CCCCCCCCCCC(C)C. The van der Waals surface area contributed by atoms with E-state index in [1.165, 1.54) is 193 Å². The Balaban J connectivity index is 4.21. The molecule has 6 heteroatoms. The first-order valence-electron chi connectivity index (χ1n) is 28.1. The van der Waals surface area contributed by atoms with Gasteiger partial charge in [0.2, 0.25) is 0 Å². The van der Waals surface area contributed by atoms with Gasteiger partial charge in [-0.15, -0.1) is 0 Å². The van der Waals surface area contributed by atoms with Crippen LogP contribution < -0.4 is 0 Å². The molecule has 0 heterocycles. The van der Waals surface area contributed by atoms with Crippen LogP contribution in [0.5, 0.6) is 0 Å². The van der Waals surface area contributed by atoms with E-state index in [9.17, 15) is 14.4 Å². The van der Waals surface area contributed by atoms with Gasteiger partial charge in [-0.3, -0.25) is 14.4 Å². The van der Waals surface area contributed by atoms with Crippen molar-refractivity contribution in [1.29, 1.82) is 0 Å². The topological polar surface area (TPSA) is 78.9 Å². The molecule has 0 aromatic carbocycles. The molecule has 0 aliphatic carbocycles. The van der Waals surface area contributed by atoms with E-state index in [-0.39, 0.29) is 31.1 Å². The summed E-state index contributed by atoms with van der Waals surface area (Å²) in [4.78, 5) is 38.0. The molecule has 0 unspecified atom stereocenters. The number of rotatable bonds is 50. The number of ether oxygens (including phenoxy) is 3. The molecule has 0 aliphatic rings. The summed E-state index contributed by atoms with van der Waals surface area (Å²) < 4.78 is 16.8. The van der Waals surface area contributed by atoms with E-state index in [1.807, 2.05) is 0 Å². The van der Waals surface area contributed by atoms with Crippen LogP contribution in [0.25, 0.3) is 0 Å². The molecule has 0 aliphatic heterocycles. The van der Waals surface area contributed by atoms with Gasteiger partial charge in [-0.1, -0.05) is 273 Å². The van der Waals surface area contributed by atoms with Gasteiger partial charge in [-0.25, -0.2) is 0 Å². The van der Waals surface area contributed by atoms with Gasteiger partial charge in [-0.2, -0.15) is 0 Å². The van der Waals surface area contributed by atoms with Crippen molar-refractivity contribution >= 4 is 17.9 Å². The predicted octanol–water partition coefficient (Wildman–Crippen LogP) is 18.3. The van der Waals surface area contributed by atoms with Crippen molar-refractivity contribution in [2.45, 2.75) is 317 Å². The van der Waals surface area contributed by atoms with E-state index in [2.05, 4.69) is 41.5 Å². The Hall–Kier alpha value is -1.59. The van der Waals surface area contributed by atoms with Gasteiger partial charge in [0, 0.05) is 19.3 Å². The lowest BCUT2D eigenvalue weighted by Crippen LogP contribution is -2.30. The zero-order chi connectivity index (χ0) is 46.3. The van der Waals surface area contributed by atoms with Crippen molar-refractivity contribution < 1.29 is 28.6 Å². The van der Waals surface area contributed by atoms with Gasteiger partial charge in [0.1, 0.15) is 13.2 Å². The number of hydrogen-bond acceptors (Lipinski definition) is 6. The lowest BCUT2D eigenvalue weighted by molar-refractivity contribution is -0.167. The summed E-state index contributed by atoms with van der Waals surface area (Å²) in [6, 6.07) is 0. The van der Waals surface area contributed by atoms with Crippen LogP contribution in [0, 0.1) is 17.8 Å². The first-order valence-corrected chi connectivity index (χ1v) is 28.1. The maximum absolute atomic E-state index is 12.8. The second kappa shape index (κ2) is 48.3. The van der Waals surface area contributed by atoms with Crippen LogP contribution in [-0.2, 0) is 28.6 Å². The Labute approximate surface area is 393 Å². The van der Waals surface area contributed by atoms with Gasteiger partial charge in [0.25, 0.3) is 0 Å². The molecular formula is C57H110O6. The number of carbonyl (C=O) groups excluding carboxylic acids is 3. The average molecular weight is 892 g/mol. The van der Waals surface area contributed by atoms with Crippen LogP contribution >= 0.6 is 0 Å². The molecule has 63 heavy (non-hydrogen) atoms. The van der Waals surface area contributed by atoms with Crippen LogP contribution in [0.3, 0.4) is 0 Å². The first kappa shape index (κ1) is 61.4. The highest BCUT2D eigenvalue weighted by atomic mass is 16.6. The second-order valence-corrected chi connectivity index (χ2v) is 21.0. The highest BCUT2D eigenvalue weighted by molar-refractivity contribution is 5.71. The standard InChI is InChI=1S/C57H110O6/c1-51(2)43-37-31-25-19-15-13-11-9-7-8-10-12-14-16-21-28-34-40-46-55(58)61-49-54(63-57(60)48-42-36-30-24-23-27-33-39-45-53(5)6)50-62-56(59)47-41-35-29-22-18-17-20-26-32-38-44-52(3)4/h51-54H,7-50H2,1-6H3/t54-/m0/s1. The summed E-state index contributed by atoms with van der Waals surface area (Å²) in [6.45, 7) is 13.7. The van der Waals surface area contributed by atoms with E-state index >= 15 is 0 Å². The third-order valence-electron chi connectivity index (χ3n) is 12.9. The second-order valence-electron chi connectivity index (χ2n) is 21.0. The molecule has 0 saturated heterocycles. The summed E-state index contributed by atoms with van der Waals surface area (Å²) in [7, 11) is 0. The van der Waals surface area contributed by atoms with Crippen LogP contribution in [0.4, 0.5) is 0 Å². The molecule has 0 N–H and O–H groups in total. The molecule has 0 amide bonds. The van der Waals surface area contributed by atoms with Gasteiger partial charge >= 0.3 is 17.9 Å². The molecule has 1 atom stereocenters. The Morgan fingerprint density at radius 1 is 0.270 bits per heavy atom. The smallest absolute Gasteiger partial charge is 0.306 e. The Bertz CT molecular complexity index is 976. The van der Waals surface area contributed by atoms with Crippen LogP contribution in [0.1, 0.15) is 311 Å². The maximum Gasteiger partial charge on any atom is 0.306 e. The molecule has 0 saturated carbocycles. The van der Waals surface area contributed by atoms with Crippen LogP contribution in [0.15, 0.2) is 0 Å². The van der Waals surface area contributed by atoms with Crippen molar-refractivity contribution in [3.63, 3.8) is 0 Å². The normalized spacial score (nSPS) is 12.1. The molecule has 0 fully saturated rings. The van der Waals surface area contributed by atoms with E-state index in [4.69, 9.17) is 14.2 Å². The summed E-state index contributed by atoms with van der Waals surface area (Å²) in [5.74, 6) is 1.62. The third-order valence-corrected chi connectivity index (χ3v) is 12.9. The number of esters is 3. The molecule has 6 nitrogen and oxygen atoms in total. The molecule has 0 aromatic heterocycles. The highest BCUT2D eigenvalue weighted by Gasteiger charge is 2.19. The van der Waals surface area contributed by atoms with Crippen molar-refractivity contribution in [1.82, 2.24) is 0 Å². The summed E-state index contributed by atoms with van der Waals surface area (Å²) in [5, 5.41) is 0. The fourth-order valence-corrected chi connectivity index (χ4v) is 8.65. The number of unbranched alkanes of at least 4 members (excludes halogenated alkanes) is 33. The number of carbonyl (C=O) groups is 3. The molecule has 0 rings (SSSR count). The summed E-state index contributed by atoms with van der Waals surface area (Å²) >= 11 is 0. The average Bonchev–Trinajstić information content (AvgIpc) is 3.24. The van der Waals surface area contributed by atoms with Gasteiger partial charge in [0.05, 0.1) is 0 Å². The zero-order valence-electron chi connectivity index (χ0n) is 43.4. The summed E-state index contributed by atoms with van der Waals surface area (Å²) in [6.07, 6.45) is 49.6. The molecule has 0 aromatic rings. The van der Waals surface area contributed by atoms with Crippen molar-refractivity contribution in [2.75, 3.05) is 13.2 Å². The molecular weight excluding hydrogens is 781 g/mol. The van der Waals surface area contributed by atoms with Gasteiger partial charge < -0.3 is 14.2 Å². The largest absolute Gasteiger partial charge is 0.462 e. The van der Waals surface area contributed by atoms with E-state index < -0.39 is 6.10 Å². The number of hydrogen-bond donors (Lipinski definition) is 0. The highest BCUT2D eigenvalue weighted by Crippen LogP contribution is 2.18. The monoisotopic (exact) mass is 891 g/mol. The molecule has 0 bridgehead atoms. The molecule has 0 radical (unpaired) electrons. The van der Waals surface area contributed by atoms with Crippen LogP contribution in [-0.4, -0.2) is 37.2 Å². The van der Waals surface area contributed by atoms with Crippen molar-refractivity contribution in [2.24, 2.45) is 17.8 Å². The van der Waals surface area contributed by atoms with Crippen molar-refractivity contribution in [3.8, 4) is 0 Å². The fraction of sp³-hybridized carbons (Fsp3) is 0.947. The van der Waals surface area contributed by atoms with Gasteiger partial charge in [-0.05, 0) is 37.0 Å². The van der Waals surface area contributed by atoms with Crippen LogP contribution in [0.2, 0.25) is 0 Å². The summed E-state index contributed by atoms with van der Waals surface area (Å²) in [5.41, 5.74) is 0. The lowest BCUT2D eigenvalue weighted by Gasteiger charge is -2.18. The minimum Gasteiger partial charge on any atom is -0.462 e. The van der Waals surface area contributed by atoms with Gasteiger partial charge in [0.15, 0.2) is 6.10 Å². The maximum atomic E-state index is 12.8. The quantitative estimate of drug-likeness (QED) is 0.0344. The van der Waals surface area contributed by atoms with E-state index in [0.717, 1.165) is 75.5 Å². The Morgan fingerprint density at radius 2 is 0.460 bits per heavy atom. The Morgan fingerprint density at radius 3 is 0.683 bits per heavy atom. The third kappa shape index (κ3) is 51.3. The molecule has 0 spiro atoms. The van der Waals surface area contributed by atoms with E-state index in [0.29, 0.717) is 19.3 Å². The fourth-order valence-electron chi connectivity index (χ4n) is 8.65. The minimum absolute atomic E-state index is 0.0644. The minimum atomic E-state index is -0.763. The van der Waals surface area contributed by atoms with Crippen molar-refractivity contribution in [3.05, 3.63) is 0 Å². The zero-order valence-corrected chi connectivity index (χ0v) is 43.4. The lowest BCUT2D eigenvalue weighted by atomic mass is 10.0. The predicted molar refractivity (Wildman–Crippen MR) is 270 cm³/mol. The first-order chi connectivity index (χ1) is 30.6. The van der Waals surface area contributed by atoms with E-state index in [1.54, 1.807) is 0 Å².